The number of nitrogens with zero attached hydrogens (tertiary/aromatic N) is 2. The highest BCUT2D eigenvalue weighted by molar-refractivity contribution is 6.35. The maximum absolute atomic E-state index is 12.1. The Morgan fingerprint density at radius 1 is 1.17 bits per heavy atom. The minimum Gasteiger partial charge on any atom is -0.451 e. The molecule has 1 amide bonds. The van der Waals surface area contributed by atoms with Crippen LogP contribution in [0.15, 0.2) is 48.0 Å². The molecule has 0 aromatic heterocycles. The Hall–Kier alpha value is -3.01. The van der Waals surface area contributed by atoms with Gasteiger partial charge < -0.3 is 15.0 Å². The molecule has 150 valence electrons. The van der Waals surface area contributed by atoms with Gasteiger partial charge in [-0.2, -0.15) is 5.26 Å². The molecule has 0 radical (unpaired) electrons. The first-order valence-corrected chi connectivity index (χ1v) is 9.32. The number of ether oxygens (including phenoxy) is 1. The Bertz CT molecular complexity index is 964. The summed E-state index contributed by atoms with van der Waals surface area (Å²) in [6.07, 6.45) is 1.41. The number of rotatable bonds is 7. The smallest absolute Gasteiger partial charge is 0.349 e. The van der Waals surface area contributed by atoms with Crippen molar-refractivity contribution in [1.82, 2.24) is 5.32 Å². The van der Waals surface area contributed by atoms with Gasteiger partial charge in [-0.1, -0.05) is 41.4 Å². The summed E-state index contributed by atoms with van der Waals surface area (Å²) in [5, 5.41) is 12.7. The van der Waals surface area contributed by atoms with Crippen LogP contribution in [0.3, 0.4) is 0 Å². The number of amides is 1. The monoisotopic (exact) mass is 431 g/mol. The third kappa shape index (κ3) is 6.83. The molecular weight excluding hydrogens is 413 g/mol. The molecule has 2 aromatic rings. The highest BCUT2D eigenvalue weighted by atomic mass is 35.5. The van der Waals surface area contributed by atoms with Gasteiger partial charge in [0.05, 0.1) is 0 Å². The first-order chi connectivity index (χ1) is 13.8. The molecule has 8 heteroatoms. The van der Waals surface area contributed by atoms with E-state index >= 15 is 0 Å². The van der Waals surface area contributed by atoms with E-state index in [0.717, 1.165) is 5.69 Å². The van der Waals surface area contributed by atoms with Crippen LogP contribution in [0, 0.1) is 11.3 Å². The molecule has 0 spiro atoms. The normalized spacial score (nSPS) is 10.8. The van der Waals surface area contributed by atoms with Crippen molar-refractivity contribution in [2.24, 2.45) is 0 Å². The Kier molecular flexibility index (Phi) is 8.08. The zero-order chi connectivity index (χ0) is 21.4. The van der Waals surface area contributed by atoms with Crippen LogP contribution in [0.1, 0.15) is 11.1 Å². The average Bonchev–Trinajstić information content (AvgIpc) is 2.69. The van der Waals surface area contributed by atoms with Crippen molar-refractivity contribution in [2.45, 2.75) is 6.54 Å². The highest BCUT2D eigenvalue weighted by Gasteiger charge is 2.13. The van der Waals surface area contributed by atoms with E-state index in [9.17, 15) is 14.9 Å². The number of esters is 1. The predicted molar refractivity (Wildman–Crippen MR) is 114 cm³/mol. The van der Waals surface area contributed by atoms with Crippen LogP contribution >= 0.6 is 23.2 Å². The van der Waals surface area contributed by atoms with Gasteiger partial charge in [0.1, 0.15) is 11.6 Å². The van der Waals surface area contributed by atoms with Gasteiger partial charge in [-0.3, -0.25) is 4.79 Å². The van der Waals surface area contributed by atoms with Gasteiger partial charge in [-0.15, -0.1) is 0 Å². The van der Waals surface area contributed by atoms with Crippen LogP contribution in [0.2, 0.25) is 10.0 Å². The molecule has 0 heterocycles. The van der Waals surface area contributed by atoms with Crippen molar-refractivity contribution in [3.8, 4) is 6.07 Å². The van der Waals surface area contributed by atoms with Crippen LogP contribution in [-0.4, -0.2) is 32.6 Å². The summed E-state index contributed by atoms with van der Waals surface area (Å²) < 4.78 is 4.92. The summed E-state index contributed by atoms with van der Waals surface area (Å²) in [6, 6.07) is 14.0. The number of halogens is 2. The zero-order valence-electron chi connectivity index (χ0n) is 15.9. The molecule has 0 bridgehead atoms. The lowest BCUT2D eigenvalue weighted by Crippen LogP contribution is -2.28. The van der Waals surface area contributed by atoms with Crippen LogP contribution < -0.4 is 10.2 Å². The summed E-state index contributed by atoms with van der Waals surface area (Å²) in [5.41, 5.74) is 2.14. The van der Waals surface area contributed by atoms with Crippen molar-refractivity contribution in [2.75, 3.05) is 25.6 Å². The second kappa shape index (κ2) is 10.5. The van der Waals surface area contributed by atoms with E-state index in [1.54, 1.807) is 36.4 Å². The Morgan fingerprint density at radius 3 is 2.45 bits per heavy atom. The number of nitriles is 1. The van der Waals surface area contributed by atoms with E-state index in [0.29, 0.717) is 21.2 Å². The largest absolute Gasteiger partial charge is 0.451 e. The fourth-order valence-electron chi connectivity index (χ4n) is 2.29. The van der Waals surface area contributed by atoms with Crippen LogP contribution in [-0.2, 0) is 20.9 Å². The Balaban J connectivity index is 1.90. The zero-order valence-corrected chi connectivity index (χ0v) is 17.4. The molecule has 0 unspecified atom stereocenters. The second-order valence-electron chi connectivity index (χ2n) is 6.24. The lowest BCUT2D eigenvalue weighted by atomic mass is 10.1. The van der Waals surface area contributed by atoms with Gasteiger partial charge in [0, 0.05) is 36.4 Å². The average molecular weight is 432 g/mol. The number of hydrogen-bond donors (Lipinski definition) is 1. The molecule has 1 N–H and O–H groups in total. The van der Waals surface area contributed by atoms with Crippen molar-refractivity contribution in [1.29, 1.82) is 5.26 Å². The van der Waals surface area contributed by atoms with E-state index in [1.165, 1.54) is 6.08 Å². The number of carbonyl (C=O) groups is 2. The topological polar surface area (TPSA) is 82.4 Å². The van der Waals surface area contributed by atoms with Crippen LogP contribution in [0.25, 0.3) is 6.08 Å². The molecule has 2 aromatic carbocycles. The molecule has 0 atom stereocenters. The standard InChI is InChI=1S/C21H19Cl2N3O3/c1-26(2)18-7-3-14(4-8-18)9-16(11-24)21(28)29-13-20(27)25-12-15-5-6-17(22)10-19(15)23/h3-10H,12-13H2,1-2H3,(H,25,27). The van der Waals surface area contributed by atoms with Crippen LogP contribution in [0.5, 0.6) is 0 Å². The maximum atomic E-state index is 12.1. The molecule has 0 saturated carbocycles. The van der Waals surface area contributed by atoms with Gasteiger partial charge >= 0.3 is 5.97 Å². The number of hydrogen-bond acceptors (Lipinski definition) is 5. The first kappa shape index (κ1) is 22.3. The Morgan fingerprint density at radius 2 is 1.86 bits per heavy atom. The molecule has 29 heavy (non-hydrogen) atoms. The summed E-state index contributed by atoms with van der Waals surface area (Å²) in [5.74, 6) is -1.39. The van der Waals surface area contributed by atoms with E-state index in [2.05, 4.69) is 5.32 Å². The molecule has 0 aliphatic carbocycles. The third-order valence-electron chi connectivity index (χ3n) is 3.89. The summed E-state index contributed by atoms with van der Waals surface area (Å²) in [6.45, 7) is -0.353. The highest BCUT2D eigenvalue weighted by Crippen LogP contribution is 2.20. The fraction of sp³-hybridized carbons (Fsp3) is 0.190. The number of carbonyl (C=O) groups excluding carboxylic acids is 2. The van der Waals surface area contributed by atoms with Crippen molar-refractivity contribution < 1.29 is 14.3 Å². The molecule has 0 fully saturated rings. The van der Waals surface area contributed by atoms with Gasteiger partial charge in [0.2, 0.25) is 0 Å². The fourth-order valence-corrected chi connectivity index (χ4v) is 2.77. The first-order valence-electron chi connectivity index (χ1n) is 8.57. The predicted octanol–water partition coefficient (Wildman–Crippen LogP) is 3.83. The molecule has 2 rings (SSSR count). The van der Waals surface area contributed by atoms with Crippen molar-refractivity contribution in [3.63, 3.8) is 0 Å². The van der Waals surface area contributed by atoms with E-state index in [-0.39, 0.29) is 12.1 Å². The number of benzene rings is 2. The van der Waals surface area contributed by atoms with Crippen molar-refractivity contribution >= 4 is 46.8 Å². The van der Waals surface area contributed by atoms with E-state index in [4.69, 9.17) is 27.9 Å². The number of nitrogens with one attached hydrogen (secondary N) is 1. The van der Waals surface area contributed by atoms with Gasteiger partial charge in [0.25, 0.3) is 5.91 Å². The van der Waals surface area contributed by atoms with E-state index < -0.39 is 18.5 Å². The van der Waals surface area contributed by atoms with E-state index in [1.807, 2.05) is 31.1 Å². The maximum Gasteiger partial charge on any atom is 0.349 e. The molecule has 0 aliphatic rings. The number of anilines is 1. The van der Waals surface area contributed by atoms with Gasteiger partial charge in [-0.05, 0) is 41.5 Å². The van der Waals surface area contributed by atoms with Gasteiger partial charge in [0.15, 0.2) is 6.61 Å². The molecule has 6 nitrogen and oxygen atoms in total. The SMILES string of the molecule is CN(C)c1ccc(C=C(C#N)C(=O)OCC(=O)NCc2ccc(Cl)cc2Cl)cc1. The second-order valence-corrected chi connectivity index (χ2v) is 7.09. The summed E-state index contributed by atoms with van der Waals surface area (Å²) >= 11 is 11.9. The quantitative estimate of drug-likeness (QED) is 0.409. The molecule has 0 aliphatic heterocycles. The Labute approximate surface area is 179 Å². The lowest BCUT2D eigenvalue weighted by Gasteiger charge is -2.11. The third-order valence-corrected chi connectivity index (χ3v) is 4.47. The minimum atomic E-state index is -0.871. The summed E-state index contributed by atoms with van der Waals surface area (Å²) in [7, 11) is 3.82. The minimum absolute atomic E-state index is 0.158. The molecular formula is C21H19Cl2N3O3. The summed E-state index contributed by atoms with van der Waals surface area (Å²) in [4.78, 5) is 25.9. The molecule has 0 saturated heterocycles. The van der Waals surface area contributed by atoms with Crippen LogP contribution in [0.4, 0.5) is 5.69 Å². The van der Waals surface area contributed by atoms with Gasteiger partial charge in [-0.25, -0.2) is 4.79 Å². The van der Waals surface area contributed by atoms with Crippen molar-refractivity contribution in [3.05, 3.63) is 69.2 Å². The lowest BCUT2D eigenvalue weighted by molar-refractivity contribution is -0.144.